The van der Waals surface area contributed by atoms with Crippen LogP contribution in [0.15, 0.2) is 198 Å². The number of allylic oxidation sites excluding steroid dienone is 4. The van der Waals surface area contributed by atoms with Gasteiger partial charge in [-0.25, -0.2) is 0 Å². The molecule has 10 rings (SSSR count). The zero-order chi connectivity index (χ0) is 44.5. The van der Waals surface area contributed by atoms with E-state index in [1.165, 1.54) is 22.3 Å². The highest BCUT2D eigenvalue weighted by molar-refractivity contribution is 6.13. The lowest BCUT2D eigenvalue weighted by molar-refractivity contribution is 0.421. The van der Waals surface area contributed by atoms with Crippen LogP contribution >= 0.6 is 0 Å². The molecule has 0 unspecified atom stereocenters. The topological polar surface area (TPSA) is 39.9 Å². The first kappa shape index (κ1) is 41.8. The summed E-state index contributed by atoms with van der Waals surface area (Å²) < 4.78 is 6.81. The van der Waals surface area contributed by atoms with E-state index >= 15 is 0 Å². The van der Waals surface area contributed by atoms with Crippen LogP contribution in [-0.4, -0.2) is 5.11 Å². The molecule has 0 fully saturated rings. The van der Waals surface area contributed by atoms with Gasteiger partial charge in [-0.15, -0.1) is 0 Å². The predicted molar refractivity (Wildman–Crippen MR) is 273 cm³/mol. The normalized spacial score (nSPS) is 12.4. The molecule has 0 amide bonds. The molecule has 1 aliphatic carbocycles. The van der Waals surface area contributed by atoms with Crippen molar-refractivity contribution in [3.05, 3.63) is 232 Å². The smallest absolute Gasteiger partial charge is 0.159 e. The van der Waals surface area contributed by atoms with Gasteiger partial charge in [-0.2, -0.15) is 0 Å². The molecule has 0 atom stereocenters. The molecule has 8 aromatic carbocycles. The average molecular weight is 835 g/mol. The Morgan fingerprint density at radius 2 is 1.00 bits per heavy atom. The van der Waals surface area contributed by atoms with E-state index < -0.39 is 0 Å². The van der Waals surface area contributed by atoms with Crippen molar-refractivity contribution in [2.45, 2.75) is 54.9 Å². The summed E-state index contributed by atoms with van der Waals surface area (Å²) in [6.07, 6.45) is 8.59. The lowest BCUT2D eigenvalue weighted by atomic mass is 9.99. The number of rotatable bonds is 6. The van der Waals surface area contributed by atoms with E-state index in [0.717, 1.165) is 94.3 Å². The lowest BCUT2D eigenvalue weighted by Crippen LogP contribution is -2.19. The van der Waals surface area contributed by atoms with Crippen molar-refractivity contribution >= 4 is 71.9 Å². The highest BCUT2D eigenvalue weighted by Crippen LogP contribution is 2.46. The van der Waals surface area contributed by atoms with Crippen molar-refractivity contribution in [2.24, 2.45) is 0 Å². The van der Waals surface area contributed by atoms with Gasteiger partial charge in [0.1, 0.15) is 11.3 Å². The van der Waals surface area contributed by atoms with Gasteiger partial charge in [0.2, 0.25) is 0 Å². The monoisotopic (exact) mass is 834 g/mol. The maximum atomic E-state index is 11.5. The summed E-state index contributed by atoms with van der Waals surface area (Å²) in [6, 6.07) is 56.5. The molecule has 2 bridgehead atoms. The summed E-state index contributed by atoms with van der Waals surface area (Å²) >= 11 is 0. The van der Waals surface area contributed by atoms with Crippen molar-refractivity contribution in [1.29, 1.82) is 0 Å². The number of hydrogen-bond acceptors (Lipinski definition) is 4. The van der Waals surface area contributed by atoms with Crippen molar-refractivity contribution in [2.75, 3.05) is 9.80 Å². The molecule has 0 saturated carbocycles. The van der Waals surface area contributed by atoms with Gasteiger partial charge in [0.25, 0.3) is 0 Å². The minimum Gasteiger partial charge on any atom is -0.506 e. The summed E-state index contributed by atoms with van der Waals surface area (Å²) in [5.41, 5.74) is 16.0. The predicted octanol–water partition coefficient (Wildman–Crippen LogP) is 17.2. The number of aryl methyl sites for hydroxylation is 7. The highest BCUT2D eigenvalue weighted by Gasteiger charge is 2.24. The molecule has 9 aromatic rings. The zero-order valence-electron chi connectivity index (χ0n) is 37.8. The summed E-state index contributed by atoms with van der Waals surface area (Å²) in [5.74, 6) is 0.229. The second-order valence-corrected chi connectivity index (χ2v) is 17.3. The van der Waals surface area contributed by atoms with Crippen LogP contribution in [0.3, 0.4) is 0 Å². The Balaban J connectivity index is 0.000000586. The van der Waals surface area contributed by atoms with Gasteiger partial charge < -0.3 is 19.3 Å². The van der Waals surface area contributed by atoms with E-state index in [0.29, 0.717) is 6.42 Å². The number of anilines is 5. The number of furan rings is 1. The average Bonchev–Trinajstić information content (AvgIpc) is 3.53. The summed E-state index contributed by atoms with van der Waals surface area (Å²) in [7, 11) is 0. The van der Waals surface area contributed by atoms with E-state index in [1.54, 1.807) is 6.08 Å². The number of benzene rings is 7. The fourth-order valence-corrected chi connectivity index (χ4v) is 9.24. The Morgan fingerprint density at radius 1 is 0.438 bits per heavy atom. The number of nitrogens with zero attached hydrogens (tertiary/aromatic N) is 2. The minimum atomic E-state index is 0.229. The Bertz CT molecular complexity index is 3310. The van der Waals surface area contributed by atoms with Gasteiger partial charge in [-0.1, -0.05) is 139 Å². The summed E-state index contributed by atoms with van der Waals surface area (Å²) in [4.78, 5) is 4.57. The fraction of sp³-hybridized carbons (Fsp3) is 0.133. The molecule has 0 spiro atoms. The van der Waals surface area contributed by atoms with E-state index in [9.17, 15) is 5.11 Å². The molecule has 0 saturated heterocycles. The van der Waals surface area contributed by atoms with Gasteiger partial charge in [-0.3, -0.25) is 0 Å². The van der Waals surface area contributed by atoms with Gasteiger partial charge in [0.05, 0.1) is 22.8 Å². The zero-order valence-corrected chi connectivity index (χ0v) is 37.8. The van der Waals surface area contributed by atoms with E-state index in [1.807, 2.05) is 6.08 Å². The highest BCUT2D eigenvalue weighted by atomic mass is 16.3. The summed E-state index contributed by atoms with van der Waals surface area (Å²) in [6.45, 7) is 14.9. The van der Waals surface area contributed by atoms with Crippen LogP contribution in [-0.2, 0) is 0 Å². The Morgan fingerprint density at radius 3 is 1.69 bits per heavy atom. The number of aliphatic hydroxyl groups is 1. The van der Waals surface area contributed by atoms with Crippen LogP contribution in [0.2, 0.25) is 0 Å². The molecule has 0 radical (unpaired) electrons. The fourth-order valence-electron chi connectivity index (χ4n) is 9.24. The van der Waals surface area contributed by atoms with Crippen LogP contribution in [0.4, 0.5) is 28.4 Å². The maximum absolute atomic E-state index is 11.5. The van der Waals surface area contributed by atoms with Gasteiger partial charge in [-0.05, 0) is 153 Å². The molecule has 1 heterocycles. The van der Waals surface area contributed by atoms with Crippen LogP contribution < -0.4 is 9.80 Å². The SMILES string of the molecule is Cc1cc(C)cc(N(C2=CCC=CC=C2O)c2ccc3ccc4cc3c2cccccc4N(c2cc(C)cc(C)c2)c2cccc3c2oc2c(C)cccc23)c1.Cc1cccc(C)c1. The first-order valence-electron chi connectivity index (χ1n) is 22.1. The van der Waals surface area contributed by atoms with E-state index in [-0.39, 0.29) is 5.76 Å². The number of aliphatic hydroxyl groups excluding tert-OH is 1. The van der Waals surface area contributed by atoms with E-state index in [4.69, 9.17) is 4.42 Å². The van der Waals surface area contributed by atoms with Crippen LogP contribution in [0, 0.1) is 48.5 Å². The van der Waals surface area contributed by atoms with Gasteiger partial charge in [0, 0.05) is 27.5 Å². The number of hydrogen-bond donors (Lipinski definition) is 1. The molecule has 1 aliphatic rings. The molecule has 4 heteroatoms. The Hall–Kier alpha value is -7.56. The van der Waals surface area contributed by atoms with E-state index in [2.05, 4.69) is 228 Å². The second-order valence-electron chi connectivity index (χ2n) is 17.3. The van der Waals surface area contributed by atoms with Gasteiger partial charge >= 0.3 is 0 Å². The van der Waals surface area contributed by atoms with Gasteiger partial charge in [0.15, 0.2) is 5.58 Å². The molecule has 0 aliphatic heterocycles. The molecule has 1 aromatic heterocycles. The number of fused-ring (bicyclic) bond motifs is 4. The molecule has 64 heavy (non-hydrogen) atoms. The summed E-state index contributed by atoms with van der Waals surface area (Å²) in [5, 5.41) is 18.1. The molecular weight excluding hydrogens is 781 g/mol. The lowest BCUT2D eigenvalue weighted by Gasteiger charge is -2.30. The van der Waals surface area contributed by atoms with Crippen molar-refractivity contribution in [1.82, 2.24) is 0 Å². The molecule has 1 N–H and O–H groups in total. The quantitative estimate of drug-likeness (QED) is 0.181. The first-order valence-corrected chi connectivity index (χ1v) is 22.1. The molecular formula is C60H54N2O2. The van der Waals surface area contributed by atoms with Crippen LogP contribution in [0.1, 0.15) is 45.4 Å². The van der Waals surface area contributed by atoms with Crippen LogP contribution in [0.5, 0.6) is 0 Å². The second kappa shape index (κ2) is 17.7. The third-order valence-electron chi connectivity index (χ3n) is 11.9. The van der Waals surface area contributed by atoms with Crippen molar-refractivity contribution in [3.63, 3.8) is 0 Å². The largest absolute Gasteiger partial charge is 0.506 e. The van der Waals surface area contributed by atoms with Crippen LogP contribution in [0.25, 0.3) is 43.5 Å². The number of para-hydroxylation sites is 2. The third kappa shape index (κ3) is 8.35. The van der Waals surface area contributed by atoms with Crippen molar-refractivity contribution in [3.8, 4) is 0 Å². The first-order chi connectivity index (χ1) is 31.0. The molecule has 4 nitrogen and oxygen atoms in total. The van der Waals surface area contributed by atoms with Crippen molar-refractivity contribution < 1.29 is 9.52 Å². The minimum absolute atomic E-state index is 0.229. The Labute approximate surface area is 377 Å². The Kier molecular flexibility index (Phi) is 11.5. The standard InChI is InChI=1S/C52H44N2O2.C8H10/c1-33-26-34(2)29-40(28-33)53(49-20-13-17-44-43-16-12-14-37(5)51(43)56-52(44)49)46-18-9-6-8-15-42-45-32-39(46)23-22-38(45)24-25-47(42)54(41-30-35(3)27-36(4)31-41)48-19-10-7-11-21-50(48)55;1-7-4-3-5-8(2)6-7/h6-9,11-32,55H,10H2,1-5H3;3-6H,1-2H3. The maximum Gasteiger partial charge on any atom is 0.159 e. The molecule has 316 valence electrons. The third-order valence-corrected chi connectivity index (χ3v) is 11.9.